The fraction of sp³-hybridized carbons (Fsp3) is 0.400. The van der Waals surface area contributed by atoms with E-state index in [1.165, 1.54) is 0 Å². The van der Waals surface area contributed by atoms with Gasteiger partial charge in [-0.2, -0.15) is 0 Å². The van der Waals surface area contributed by atoms with Gasteiger partial charge in [0.1, 0.15) is 36.2 Å². The van der Waals surface area contributed by atoms with Crippen molar-refractivity contribution in [1.82, 2.24) is 0 Å². The zero-order valence-corrected chi connectivity index (χ0v) is 15.2. The third-order valence-corrected chi connectivity index (χ3v) is 3.55. The van der Waals surface area contributed by atoms with Gasteiger partial charge in [-0.1, -0.05) is 0 Å². The summed E-state index contributed by atoms with van der Waals surface area (Å²) < 4.78 is 22.0. The van der Waals surface area contributed by atoms with Crippen molar-refractivity contribution in [2.45, 2.75) is 6.42 Å². The molecule has 0 aliphatic heterocycles. The van der Waals surface area contributed by atoms with Crippen molar-refractivity contribution in [3.8, 4) is 23.0 Å². The molecule has 0 bridgehead atoms. The van der Waals surface area contributed by atoms with E-state index in [0.29, 0.717) is 42.6 Å². The number of aliphatic hydroxyl groups is 3. The molecule has 0 fully saturated rings. The van der Waals surface area contributed by atoms with E-state index in [-0.39, 0.29) is 33.0 Å². The van der Waals surface area contributed by atoms with Gasteiger partial charge in [-0.15, -0.1) is 0 Å². The average Bonchev–Trinajstić information content (AvgIpc) is 2.69. The Bertz CT molecular complexity index is 658. The quantitative estimate of drug-likeness (QED) is 0.457. The maximum atomic E-state index is 9.29. The molecule has 0 aliphatic carbocycles. The number of rotatable bonds is 13. The zero-order chi connectivity index (χ0) is 19.3. The van der Waals surface area contributed by atoms with Crippen LogP contribution in [0.25, 0.3) is 0 Å². The molecule has 0 saturated heterocycles. The lowest BCUT2D eigenvalue weighted by Crippen LogP contribution is -2.10. The fourth-order valence-corrected chi connectivity index (χ4v) is 2.36. The van der Waals surface area contributed by atoms with Crippen LogP contribution in [0, 0.1) is 0 Å². The van der Waals surface area contributed by atoms with Crippen molar-refractivity contribution in [2.24, 2.45) is 0 Å². The highest BCUT2D eigenvalue weighted by molar-refractivity contribution is 5.43. The number of benzene rings is 2. The summed E-state index contributed by atoms with van der Waals surface area (Å²) in [6, 6.07) is 12.5. The molecule has 0 radical (unpaired) electrons. The molecule has 2 aromatic carbocycles. The Labute approximate surface area is 158 Å². The van der Waals surface area contributed by atoms with Gasteiger partial charge in [0.2, 0.25) is 0 Å². The summed E-state index contributed by atoms with van der Waals surface area (Å²) in [5.74, 6) is 2.60. The molecule has 0 aliphatic rings. The molecule has 0 aromatic heterocycles. The standard InChI is InChI=1S/C20H26O7/c21-8-7-16-15-19(5-6-20(16)26-14-13-24-11-9-22)27-18-3-1-17(2-4-18)25-12-10-23/h1-6,15,21-23H,7-14H2. The second-order valence-electron chi connectivity index (χ2n) is 5.57. The molecule has 3 N–H and O–H groups in total. The third-order valence-electron chi connectivity index (χ3n) is 3.55. The molecule has 27 heavy (non-hydrogen) atoms. The lowest BCUT2D eigenvalue weighted by atomic mass is 10.1. The van der Waals surface area contributed by atoms with Crippen molar-refractivity contribution < 1.29 is 34.3 Å². The van der Waals surface area contributed by atoms with Crippen LogP contribution < -0.4 is 14.2 Å². The topological polar surface area (TPSA) is 97.6 Å². The van der Waals surface area contributed by atoms with Gasteiger partial charge < -0.3 is 34.3 Å². The average molecular weight is 378 g/mol. The van der Waals surface area contributed by atoms with Crippen LogP contribution in [-0.2, 0) is 11.2 Å². The molecule has 2 rings (SSSR count). The molecule has 2 aromatic rings. The summed E-state index contributed by atoms with van der Waals surface area (Å²) in [6.07, 6.45) is 0.442. The summed E-state index contributed by atoms with van der Waals surface area (Å²) in [7, 11) is 0. The molecule has 0 atom stereocenters. The molecule has 0 heterocycles. The minimum Gasteiger partial charge on any atom is -0.491 e. The molecule has 7 nitrogen and oxygen atoms in total. The Kier molecular flexibility index (Phi) is 9.43. The molecule has 148 valence electrons. The van der Waals surface area contributed by atoms with Crippen LogP contribution in [0.1, 0.15) is 5.56 Å². The van der Waals surface area contributed by atoms with Gasteiger partial charge in [-0.05, 0) is 48.9 Å². The van der Waals surface area contributed by atoms with Gasteiger partial charge in [0.25, 0.3) is 0 Å². The first kappa shape index (κ1) is 21.0. The second kappa shape index (κ2) is 12.1. The maximum Gasteiger partial charge on any atom is 0.127 e. The zero-order valence-electron chi connectivity index (χ0n) is 15.2. The third kappa shape index (κ3) is 7.44. The number of aliphatic hydroxyl groups excluding tert-OH is 3. The van der Waals surface area contributed by atoms with E-state index in [1.807, 2.05) is 6.07 Å². The van der Waals surface area contributed by atoms with Crippen LogP contribution in [0.2, 0.25) is 0 Å². The van der Waals surface area contributed by atoms with E-state index in [1.54, 1.807) is 36.4 Å². The maximum absolute atomic E-state index is 9.29. The van der Waals surface area contributed by atoms with Gasteiger partial charge in [0.05, 0.1) is 26.4 Å². The SMILES string of the molecule is OCCOCCOc1ccc(Oc2ccc(OCCO)cc2)cc1CCO. The summed E-state index contributed by atoms with van der Waals surface area (Å²) in [5, 5.41) is 26.7. The van der Waals surface area contributed by atoms with E-state index in [9.17, 15) is 5.11 Å². The smallest absolute Gasteiger partial charge is 0.127 e. The summed E-state index contributed by atoms with van der Waals surface area (Å²) in [4.78, 5) is 0. The van der Waals surface area contributed by atoms with Gasteiger partial charge in [0.15, 0.2) is 0 Å². The monoisotopic (exact) mass is 378 g/mol. The number of ether oxygens (including phenoxy) is 4. The molecule has 0 spiro atoms. The summed E-state index contributed by atoms with van der Waals surface area (Å²) >= 11 is 0. The summed E-state index contributed by atoms with van der Waals surface area (Å²) in [6.45, 7) is 1.21. The molecule has 0 saturated carbocycles. The highest BCUT2D eigenvalue weighted by Gasteiger charge is 2.07. The number of hydrogen-bond acceptors (Lipinski definition) is 7. The molecule has 7 heteroatoms. The van der Waals surface area contributed by atoms with E-state index in [2.05, 4.69) is 0 Å². The Morgan fingerprint density at radius 1 is 0.630 bits per heavy atom. The van der Waals surface area contributed by atoms with Crippen LogP contribution in [0.4, 0.5) is 0 Å². The molecule has 0 unspecified atom stereocenters. The van der Waals surface area contributed by atoms with E-state index >= 15 is 0 Å². The van der Waals surface area contributed by atoms with Gasteiger partial charge >= 0.3 is 0 Å². The van der Waals surface area contributed by atoms with Crippen molar-refractivity contribution >= 4 is 0 Å². The molecule has 0 amide bonds. The first-order valence-electron chi connectivity index (χ1n) is 8.83. The van der Waals surface area contributed by atoms with Crippen molar-refractivity contribution in [3.05, 3.63) is 48.0 Å². The lowest BCUT2D eigenvalue weighted by Gasteiger charge is -2.14. The highest BCUT2D eigenvalue weighted by atomic mass is 16.5. The van der Waals surface area contributed by atoms with Gasteiger partial charge in [-0.25, -0.2) is 0 Å². The predicted octanol–water partition coefficient (Wildman–Crippen LogP) is 1.77. The van der Waals surface area contributed by atoms with Crippen molar-refractivity contribution in [3.63, 3.8) is 0 Å². The lowest BCUT2D eigenvalue weighted by molar-refractivity contribution is 0.0702. The predicted molar refractivity (Wildman–Crippen MR) is 99.7 cm³/mol. The van der Waals surface area contributed by atoms with E-state index in [4.69, 9.17) is 29.2 Å². The first-order valence-corrected chi connectivity index (χ1v) is 8.83. The second-order valence-corrected chi connectivity index (χ2v) is 5.57. The Morgan fingerprint density at radius 3 is 2.04 bits per heavy atom. The fourth-order valence-electron chi connectivity index (χ4n) is 2.36. The van der Waals surface area contributed by atoms with E-state index < -0.39 is 0 Å². The van der Waals surface area contributed by atoms with Gasteiger partial charge in [0, 0.05) is 12.2 Å². The Hall–Kier alpha value is -2.32. The van der Waals surface area contributed by atoms with Crippen molar-refractivity contribution in [1.29, 1.82) is 0 Å². The normalized spacial score (nSPS) is 10.6. The van der Waals surface area contributed by atoms with Crippen LogP contribution in [0.3, 0.4) is 0 Å². The molecular formula is C20H26O7. The number of hydrogen-bond donors (Lipinski definition) is 3. The Balaban J connectivity index is 1.97. The van der Waals surface area contributed by atoms with Crippen LogP contribution in [0.15, 0.2) is 42.5 Å². The minimum absolute atomic E-state index is 0.00226. The summed E-state index contributed by atoms with van der Waals surface area (Å²) in [5.41, 5.74) is 0.833. The first-order chi connectivity index (χ1) is 13.3. The Morgan fingerprint density at radius 2 is 1.33 bits per heavy atom. The van der Waals surface area contributed by atoms with Crippen LogP contribution in [0.5, 0.6) is 23.0 Å². The minimum atomic E-state index is -0.0339. The van der Waals surface area contributed by atoms with Crippen LogP contribution >= 0.6 is 0 Å². The highest BCUT2D eigenvalue weighted by Crippen LogP contribution is 2.29. The largest absolute Gasteiger partial charge is 0.491 e. The van der Waals surface area contributed by atoms with Gasteiger partial charge in [-0.3, -0.25) is 0 Å². The van der Waals surface area contributed by atoms with E-state index in [0.717, 1.165) is 5.56 Å². The van der Waals surface area contributed by atoms with Crippen LogP contribution in [-0.4, -0.2) is 61.6 Å². The van der Waals surface area contributed by atoms with Crippen molar-refractivity contribution in [2.75, 3.05) is 46.2 Å². The molecular weight excluding hydrogens is 352 g/mol.